The Bertz CT molecular complexity index is 1220. The molecular weight excluding hydrogens is 514 g/mol. The van der Waals surface area contributed by atoms with Gasteiger partial charge in [0.25, 0.3) is 0 Å². The molecule has 2 aromatic rings. The zero-order valence-corrected chi connectivity index (χ0v) is 24.1. The summed E-state index contributed by atoms with van der Waals surface area (Å²) in [6.07, 6.45) is 12.8. The van der Waals surface area contributed by atoms with E-state index in [9.17, 15) is 9.90 Å². The first-order valence-corrected chi connectivity index (χ1v) is 13.6. The van der Waals surface area contributed by atoms with Gasteiger partial charge in [0, 0.05) is 44.4 Å². The van der Waals surface area contributed by atoms with Crippen molar-refractivity contribution in [2.24, 2.45) is 12.0 Å². The second kappa shape index (κ2) is 14.3. The number of aryl methyl sites for hydroxylation is 2. The summed E-state index contributed by atoms with van der Waals surface area (Å²) in [5, 5.41) is 14.9. The van der Waals surface area contributed by atoms with Gasteiger partial charge in [-0.25, -0.2) is 9.78 Å². The van der Waals surface area contributed by atoms with Crippen molar-refractivity contribution in [2.75, 3.05) is 26.2 Å². The molecule has 2 N–H and O–H groups in total. The van der Waals surface area contributed by atoms with Crippen molar-refractivity contribution in [2.45, 2.75) is 51.7 Å². The maximum absolute atomic E-state index is 11.5. The number of halogens is 1. The Morgan fingerprint density at radius 1 is 1.28 bits per heavy atom. The lowest BCUT2D eigenvalue weighted by Gasteiger charge is -2.30. The van der Waals surface area contributed by atoms with Gasteiger partial charge in [0.05, 0.1) is 18.2 Å². The molecule has 1 saturated heterocycles. The number of rotatable bonds is 4. The Balaban J connectivity index is 0.000000272. The average molecular weight is 554 g/mol. The van der Waals surface area contributed by atoms with E-state index in [2.05, 4.69) is 34.2 Å². The van der Waals surface area contributed by atoms with Crippen molar-refractivity contribution < 1.29 is 14.6 Å². The smallest absolute Gasteiger partial charge is 0.410 e. The Labute approximate surface area is 236 Å². The van der Waals surface area contributed by atoms with Crippen molar-refractivity contribution in [3.8, 4) is 0 Å². The standard InChI is InChI=1S/C21H22ClN3O.C9H18N2O2/c1-23-11-3-4-15-5-7-16-8-9-17(22)12-19(16)18(10-6-15)21(26)20-13-24-14-25(20)2;1-9(2,3)13-8(12)11-6-4-10-5-7-11/h3-4,8-14,21,26H,1,5-7H2,2H3;10H,4-7H2,1-3H3/b11-3-,15-4+,18-10+;. The number of aliphatic imine (C=N–C) groups is 1. The predicted octanol–water partition coefficient (Wildman–Crippen LogP) is 5.49. The highest BCUT2D eigenvalue weighted by atomic mass is 35.5. The first-order valence-electron chi connectivity index (χ1n) is 13.2. The number of hydrogen-bond acceptors (Lipinski definition) is 6. The average Bonchev–Trinajstić information content (AvgIpc) is 3.32. The van der Waals surface area contributed by atoms with Crippen LogP contribution in [0.3, 0.4) is 0 Å². The van der Waals surface area contributed by atoms with Gasteiger partial charge < -0.3 is 24.6 Å². The Morgan fingerprint density at radius 3 is 2.67 bits per heavy atom. The zero-order valence-electron chi connectivity index (χ0n) is 23.4. The summed E-state index contributed by atoms with van der Waals surface area (Å²) in [7, 11) is 1.88. The van der Waals surface area contributed by atoms with E-state index in [1.807, 2.05) is 56.7 Å². The fraction of sp³-hybridized carbons (Fsp3) is 0.433. The lowest BCUT2D eigenvalue weighted by molar-refractivity contribution is 0.0229. The van der Waals surface area contributed by atoms with Crippen LogP contribution in [0.15, 0.2) is 65.7 Å². The quantitative estimate of drug-likeness (QED) is 0.488. The SMILES string of the molecule is C=N/C=C\C=C1\C/C=C(/C(O)c2cncn2C)c2cc(Cl)ccc2CC1.CC(C)(C)OC(=O)N1CCNCC1. The summed E-state index contributed by atoms with van der Waals surface area (Å²) >= 11 is 6.25. The number of carbonyl (C=O) groups is 1. The van der Waals surface area contributed by atoms with Gasteiger partial charge in [0.15, 0.2) is 0 Å². The maximum Gasteiger partial charge on any atom is 0.410 e. The molecule has 2 aliphatic rings. The first-order chi connectivity index (χ1) is 18.6. The molecule has 1 fully saturated rings. The summed E-state index contributed by atoms with van der Waals surface area (Å²) in [5.41, 5.74) is 4.70. The van der Waals surface area contributed by atoms with Crippen LogP contribution in [0.1, 0.15) is 56.5 Å². The fourth-order valence-corrected chi connectivity index (χ4v) is 4.57. The van der Waals surface area contributed by atoms with Crippen LogP contribution in [-0.4, -0.2) is 64.1 Å². The number of amides is 1. The van der Waals surface area contributed by atoms with Crippen LogP contribution in [0.25, 0.3) is 5.57 Å². The summed E-state index contributed by atoms with van der Waals surface area (Å²) in [6.45, 7) is 12.3. The molecule has 9 heteroatoms. The molecule has 1 amide bonds. The van der Waals surface area contributed by atoms with E-state index in [-0.39, 0.29) is 11.7 Å². The number of piperazine rings is 1. The van der Waals surface area contributed by atoms with Crippen molar-refractivity contribution in [1.29, 1.82) is 0 Å². The third-order valence-corrected chi connectivity index (χ3v) is 6.64. The molecular formula is C30H40ClN5O3. The number of aliphatic hydroxyl groups is 1. The minimum Gasteiger partial charge on any atom is -0.444 e. The summed E-state index contributed by atoms with van der Waals surface area (Å²) in [5.74, 6) is 0. The van der Waals surface area contributed by atoms with Gasteiger partial charge in [0.2, 0.25) is 0 Å². The minimum atomic E-state index is -0.760. The van der Waals surface area contributed by atoms with Gasteiger partial charge >= 0.3 is 6.09 Å². The van der Waals surface area contributed by atoms with Crippen molar-refractivity contribution in [1.82, 2.24) is 19.8 Å². The number of fused-ring (bicyclic) bond motifs is 1. The highest BCUT2D eigenvalue weighted by Gasteiger charge is 2.23. The van der Waals surface area contributed by atoms with Crippen molar-refractivity contribution in [3.63, 3.8) is 0 Å². The number of ether oxygens (including phenoxy) is 1. The molecule has 0 bridgehead atoms. The number of carbonyl (C=O) groups excluding carboxylic acids is 1. The maximum atomic E-state index is 11.5. The minimum absolute atomic E-state index is 0.200. The first kappa shape index (κ1) is 30.3. The Morgan fingerprint density at radius 2 is 2.03 bits per heavy atom. The van der Waals surface area contributed by atoms with Crippen LogP contribution in [0.5, 0.6) is 0 Å². The molecule has 0 radical (unpaired) electrons. The molecule has 1 atom stereocenters. The van der Waals surface area contributed by atoms with E-state index in [0.717, 1.165) is 62.3 Å². The van der Waals surface area contributed by atoms with E-state index in [1.54, 1.807) is 23.6 Å². The third kappa shape index (κ3) is 9.20. The summed E-state index contributed by atoms with van der Waals surface area (Å²) in [4.78, 5) is 21.1. The van der Waals surface area contributed by atoms with Gasteiger partial charge in [-0.1, -0.05) is 35.4 Å². The molecule has 210 valence electrons. The molecule has 4 rings (SSSR count). The van der Waals surface area contributed by atoms with Crippen LogP contribution in [0, 0.1) is 0 Å². The van der Waals surface area contributed by atoms with E-state index >= 15 is 0 Å². The second-order valence-corrected chi connectivity index (χ2v) is 11.0. The van der Waals surface area contributed by atoms with Gasteiger partial charge in [-0.2, -0.15) is 0 Å². The number of nitrogens with zero attached hydrogens (tertiary/aromatic N) is 4. The van der Waals surface area contributed by atoms with Crippen molar-refractivity contribution >= 4 is 30.0 Å². The molecule has 2 heterocycles. The number of hydrogen-bond donors (Lipinski definition) is 2. The van der Waals surface area contributed by atoms with Gasteiger partial charge in [-0.3, -0.25) is 4.99 Å². The lowest BCUT2D eigenvalue weighted by Crippen LogP contribution is -2.48. The van der Waals surface area contributed by atoms with E-state index < -0.39 is 6.10 Å². The van der Waals surface area contributed by atoms with Crippen LogP contribution < -0.4 is 5.32 Å². The van der Waals surface area contributed by atoms with Crippen LogP contribution >= 0.6 is 11.6 Å². The number of imidazole rings is 1. The molecule has 0 saturated carbocycles. The Hall–Kier alpha value is -3.20. The van der Waals surface area contributed by atoms with Crippen LogP contribution in [-0.2, 0) is 18.2 Å². The molecule has 39 heavy (non-hydrogen) atoms. The molecule has 0 spiro atoms. The third-order valence-electron chi connectivity index (χ3n) is 6.40. The number of aliphatic hydroxyl groups excluding tert-OH is 1. The molecule has 1 unspecified atom stereocenters. The number of allylic oxidation sites excluding steroid dienone is 4. The van der Waals surface area contributed by atoms with E-state index in [4.69, 9.17) is 16.3 Å². The predicted molar refractivity (Wildman–Crippen MR) is 158 cm³/mol. The number of benzene rings is 1. The topological polar surface area (TPSA) is 92.0 Å². The Kier molecular flexibility index (Phi) is 11.1. The molecule has 1 aliphatic heterocycles. The summed E-state index contributed by atoms with van der Waals surface area (Å²) < 4.78 is 7.07. The highest BCUT2D eigenvalue weighted by Crippen LogP contribution is 2.36. The van der Waals surface area contributed by atoms with Crippen molar-refractivity contribution in [3.05, 3.63) is 82.6 Å². The van der Waals surface area contributed by atoms with Gasteiger partial charge in [0.1, 0.15) is 11.7 Å². The normalized spacial score (nSPS) is 19.2. The molecule has 1 aromatic carbocycles. The number of aromatic nitrogens is 2. The second-order valence-electron chi connectivity index (χ2n) is 10.6. The summed E-state index contributed by atoms with van der Waals surface area (Å²) in [6, 6.07) is 5.89. The van der Waals surface area contributed by atoms with Gasteiger partial charge in [-0.05, 0) is 81.7 Å². The molecule has 8 nitrogen and oxygen atoms in total. The lowest BCUT2D eigenvalue weighted by atomic mass is 9.87. The molecule has 1 aromatic heterocycles. The largest absolute Gasteiger partial charge is 0.444 e. The highest BCUT2D eigenvalue weighted by molar-refractivity contribution is 6.30. The van der Waals surface area contributed by atoms with E-state index in [1.165, 1.54) is 11.1 Å². The van der Waals surface area contributed by atoms with Crippen LogP contribution in [0.2, 0.25) is 5.02 Å². The monoisotopic (exact) mass is 553 g/mol. The molecule has 1 aliphatic carbocycles. The van der Waals surface area contributed by atoms with E-state index in [0.29, 0.717) is 5.02 Å². The number of nitrogens with one attached hydrogen (secondary N) is 1. The van der Waals surface area contributed by atoms with Gasteiger partial charge in [-0.15, -0.1) is 0 Å². The zero-order chi connectivity index (χ0) is 28.4. The van der Waals surface area contributed by atoms with Crippen LogP contribution in [0.4, 0.5) is 4.79 Å². The fourth-order valence-electron chi connectivity index (χ4n) is 4.40.